The van der Waals surface area contributed by atoms with Gasteiger partial charge in [-0.2, -0.15) is 0 Å². The number of benzene rings is 1. The molecule has 1 amide bonds. The summed E-state index contributed by atoms with van der Waals surface area (Å²) in [5.41, 5.74) is 0.268. The molecule has 104 valence electrons. The summed E-state index contributed by atoms with van der Waals surface area (Å²) in [6, 6.07) is 8.28. The monoisotopic (exact) mass is 265 g/mol. The van der Waals surface area contributed by atoms with Crippen LogP contribution in [-0.2, 0) is 9.59 Å². The molecule has 0 bridgehead atoms. The van der Waals surface area contributed by atoms with E-state index in [-0.39, 0.29) is 23.0 Å². The molecule has 0 N–H and O–H groups in total. The molecule has 0 spiro atoms. The molecule has 0 fully saturated rings. The number of carbonyl (C=O) groups excluding carboxylic acids is 2. The van der Waals surface area contributed by atoms with Crippen molar-refractivity contribution in [2.45, 2.75) is 45.4 Å². The van der Waals surface area contributed by atoms with Gasteiger partial charge in [0, 0.05) is 12.8 Å². The number of anilines is 1. The van der Waals surface area contributed by atoms with Crippen molar-refractivity contribution in [3.8, 4) is 0 Å². The highest BCUT2D eigenvalue weighted by atomic mass is 19.2. The third-order valence-electron chi connectivity index (χ3n) is 2.87. The molecule has 0 saturated heterocycles. The summed E-state index contributed by atoms with van der Waals surface area (Å²) in [7, 11) is 0. The quantitative estimate of drug-likeness (QED) is 0.529. The fraction of sp³-hybridized carbons (Fsp3) is 0.467. The van der Waals surface area contributed by atoms with E-state index in [1.807, 2.05) is 0 Å². The summed E-state index contributed by atoms with van der Waals surface area (Å²) in [6.07, 6.45) is 4.05. The van der Waals surface area contributed by atoms with Crippen LogP contribution in [-0.4, -0.2) is 11.7 Å². The Hall–Kier alpha value is -1.71. The van der Waals surface area contributed by atoms with Gasteiger partial charge in [0.25, 0.3) is 5.91 Å². The number of unbranched alkanes of at least 4 members (excludes halogenated alkanes) is 3. The Morgan fingerprint density at radius 1 is 1.00 bits per heavy atom. The second-order valence-corrected chi connectivity index (χ2v) is 4.63. The predicted molar refractivity (Wildman–Crippen MR) is 73.4 cm³/mol. The minimum atomic E-state index is -0.516. The zero-order valence-electron chi connectivity index (χ0n) is 11.3. The number of halogens is 1. The number of ketones is 1. The van der Waals surface area contributed by atoms with Crippen LogP contribution in [0.15, 0.2) is 30.3 Å². The van der Waals surface area contributed by atoms with Crippen LogP contribution in [0.5, 0.6) is 0 Å². The number of nitrogens with zero attached hydrogens (tertiary/aromatic N) is 1. The maximum Gasteiger partial charge on any atom is 0.255 e. The second kappa shape index (κ2) is 8.40. The van der Waals surface area contributed by atoms with E-state index in [1.54, 1.807) is 37.3 Å². The number of rotatable bonds is 8. The van der Waals surface area contributed by atoms with Gasteiger partial charge < -0.3 is 4.79 Å². The lowest BCUT2D eigenvalue weighted by molar-refractivity contribution is -0.121. The number of hydrogen-bond acceptors (Lipinski definition) is 2. The first-order valence-electron chi connectivity index (χ1n) is 6.64. The minimum Gasteiger partial charge on any atom is -0.300 e. The molecule has 0 radical (unpaired) electrons. The minimum absolute atomic E-state index is 0.190. The molecule has 1 aromatic rings. The van der Waals surface area contributed by atoms with Crippen LogP contribution < -0.4 is 5.12 Å². The van der Waals surface area contributed by atoms with Gasteiger partial charge in [-0.25, -0.2) is 0 Å². The Labute approximate surface area is 113 Å². The van der Waals surface area contributed by atoms with E-state index in [2.05, 4.69) is 0 Å². The molecule has 0 aliphatic carbocycles. The molecule has 0 unspecified atom stereocenters. The molecule has 1 aromatic carbocycles. The molecule has 0 aliphatic heterocycles. The van der Waals surface area contributed by atoms with Gasteiger partial charge in [0.15, 0.2) is 0 Å². The molecule has 0 heterocycles. The summed E-state index contributed by atoms with van der Waals surface area (Å²) >= 11 is 0. The lowest BCUT2D eigenvalue weighted by Gasteiger charge is -2.11. The zero-order valence-corrected chi connectivity index (χ0v) is 11.3. The number of carbonyl (C=O) groups is 2. The van der Waals surface area contributed by atoms with Crippen molar-refractivity contribution in [1.29, 1.82) is 0 Å². The lowest BCUT2D eigenvalue weighted by Crippen LogP contribution is -2.21. The summed E-state index contributed by atoms with van der Waals surface area (Å²) in [5, 5.41) is 0.204. The van der Waals surface area contributed by atoms with Crippen LogP contribution in [0.4, 0.5) is 10.2 Å². The average molecular weight is 265 g/mol. The van der Waals surface area contributed by atoms with Gasteiger partial charge in [0.2, 0.25) is 0 Å². The van der Waals surface area contributed by atoms with Gasteiger partial charge in [0.05, 0.1) is 5.69 Å². The highest BCUT2D eigenvalue weighted by molar-refractivity contribution is 5.90. The van der Waals surface area contributed by atoms with Crippen molar-refractivity contribution >= 4 is 17.4 Å². The normalized spacial score (nSPS) is 10.2. The van der Waals surface area contributed by atoms with Crippen molar-refractivity contribution in [1.82, 2.24) is 0 Å². The molecule has 4 heteroatoms. The third kappa shape index (κ3) is 6.13. The molecule has 0 aliphatic rings. The van der Waals surface area contributed by atoms with Crippen LogP contribution in [0.3, 0.4) is 0 Å². The molecule has 0 atom stereocenters. The number of Topliss-reactive ketones (excluding diaryl/α,β-unsaturated/α-hetero) is 1. The molecule has 19 heavy (non-hydrogen) atoms. The first-order valence-corrected chi connectivity index (χ1v) is 6.64. The molecule has 3 nitrogen and oxygen atoms in total. The molecule has 0 aromatic heterocycles. The van der Waals surface area contributed by atoms with Crippen LogP contribution in [0.25, 0.3) is 0 Å². The topological polar surface area (TPSA) is 37.4 Å². The van der Waals surface area contributed by atoms with Gasteiger partial charge in [0.1, 0.15) is 5.78 Å². The molecule has 0 saturated carbocycles. The van der Waals surface area contributed by atoms with E-state index in [4.69, 9.17) is 0 Å². The maximum atomic E-state index is 13.6. The predicted octanol–water partition coefficient (Wildman–Crippen LogP) is 3.83. The Morgan fingerprint density at radius 2 is 1.58 bits per heavy atom. The van der Waals surface area contributed by atoms with Crippen molar-refractivity contribution < 1.29 is 14.1 Å². The number of hydrogen-bond donors (Lipinski definition) is 0. The smallest absolute Gasteiger partial charge is 0.255 e. The van der Waals surface area contributed by atoms with E-state index in [9.17, 15) is 14.1 Å². The van der Waals surface area contributed by atoms with Crippen LogP contribution >= 0.6 is 0 Å². The van der Waals surface area contributed by atoms with Crippen LogP contribution in [0.1, 0.15) is 45.4 Å². The van der Waals surface area contributed by atoms with Gasteiger partial charge in [-0.3, -0.25) is 4.79 Å². The van der Waals surface area contributed by atoms with Crippen molar-refractivity contribution in [3.05, 3.63) is 30.3 Å². The highest BCUT2D eigenvalue weighted by Crippen LogP contribution is 2.16. The first-order chi connectivity index (χ1) is 9.11. The van der Waals surface area contributed by atoms with Crippen LogP contribution in [0, 0.1) is 0 Å². The summed E-state index contributed by atoms with van der Waals surface area (Å²) < 4.78 is 13.6. The molecular formula is C15H20FNO2. The van der Waals surface area contributed by atoms with E-state index in [1.165, 1.54) is 0 Å². The Balaban J connectivity index is 2.19. The fourth-order valence-corrected chi connectivity index (χ4v) is 1.80. The lowest BCUT2D eigenvalue weighted by atomic mass is 10.1. The van der Waals surface area contributed by atoms with Gasteiger partial charge >= 0.3 is 0 Å². The first kappa shape index (κ1) is 15.3. The van der Waals surface area contributed by atoms with E-state index in [0.29, 0.717) is 12.8 Å². The molecular weight excluding hydrogens is 245 g/mol. The Bertz CT molecular complexity index is 406. The fourth-order valence-electron chi connectivity index (χ4n) is 1.80. The van der Waals surface area contributed by atoms with E-state index < -0.39 is 5.91 Å². The summed E-state index contributed by atoms with van der Waals surface area (Å²) in [4.78, 5) is 22.3. The summed E-state index contributed by atoms with van der Waals surface area (Å²) in [6.45, 7) is 1.57. The van der Waals surface area contributed by atoms with Crippen molar-refractivity contribution in [2.75, 3.05) is 5.12 Å². The van der Waals surface area contributed by atoms with Crippen LogP contribution in [0.2, 0.25) is 0 Å². The van der Waals surface area contributed by atoms with E-state index in [0.717, 1.165) is 19.3 Å². The van der Waals surface area contributed by atoms with Gasteiger partial charge in [-0.05, 0) is 31.9 Å². The number of para-hydroxylation sites is 1. The average Bonchev–Trinajstić information content (AvgIpc) is 2.42. The Kier molecular flexibility index (Phi) is 6.79. The largest absolute Gasteiger partial charge is 0.300 e. The summed E-state index contributed by atoms with van der Waals surface area (Å²) in [5.74, 6) is -0.326. The second-order valence-electron chi connectivity index (χ2n) is 4.63. The molecule has 1 rings (SSSR count). The zero-order chi connectivity index (χ0) is 14.1. The van der Waals surface area contributed by atoms with Gasteiger partial charge in [-0.15, -0.1) is 5.12 Å². The van der Waals surface area contributed by atoms with Gasteiger partial charge in [-0.1, -0.05) is 35.5 Å². The third-order valence-corrected chi connectivity index (χ3v) is 2.87. The Morgan fingerprint density at radius 3 is 2.16 bits per heavy atom. The van der Waals surface area contributed by atoms with Crippen molar-refractivity contribution in [2.24, 2.45) is 0 Å². The highest BCUT2D eigenvalue weighted by Gasteiger charge is 2.13. The van der Waals surface area contributed by atoms with Crippen molar-refractivity contribution in [3.63, 3.8) is 0 Å². The standard InChI is InChI=1S/C15H20FNO2/c1-13(18)9-5-2-3-8-12-15(19)17(16)14-10-6-4-7-11-14/h4,6-7,10-11H,2-3,5,8-9,12H2,1H3. The van der Waals surface area contributed by atoms with E-state index >= 15 is 0 Å². The number of amides is 1. The maximum absolute atomic E-state index is 13.6. The SMILES string of the molecule is CC(=O)CCCCCCC(=O)N(F)c1ccccc1.